The van der Waals surface area contributed by atoms with Crippen molar-refractivity contribution in [2.24, 2.45) is 0 Å². The fourth-order valence-electron chi connectivity index (χ4n) is 1.82. The fourth-order valence-corrected chi connectivity index (χ4v) is 2.68. The molecule has 0 fully saturated rings. The van der Waals surface area contributed by atoms with Crippen molar-refractivity contribution < 1.29 is 4.74 Å². The number of hydrogen-bond donors (Lipinski definition) is 1. The van der Waals surface area contributed by atoms with E-state index in [4.69, 9.17) is 4.74 Å². The molecule has 0 atom stereocenters. The lowest BCUT2D eigenvalue weighted by Crippen LogP contribution is -2.15. The molecule has 1 N–H and O–H groups in total. The second kappa shape index (κ2) is 6.57. The van der Waals surface area contributed by atoms with Gasteiger partial charge < -0.3 is 10.1 Å². The highest BCUT2D eigenvalue weighted by molar-refractivity contribution is 7.11. The highest BCUT2D eigenvalue weighted by Crippen LogP contribution is 2.14. The zero-order valence-electron chi connectivity index (χ0n) is 10.9. The highest BCUT2D eigenvalue weighted by Gasteiger charge is 1.97. The maximum absolute atomic E-state index is 5.14. The van der Waals surface area contributed by atoms with E-state index in [0.29, 0.717) is 0 Å². The smallest absolute Gasteiger partial charge is 0.118 e. The molecule has 2 nitrogen and oxygen atoms in total. The summed E-state index contributed by atoms with van der Waals surface area (Å²) in [6.45, 7) is 4.11. The van der Waals surface area contributed by atoms with E-state index in [1.54, 1.807) is 7.11 Å². The van der Waals surface area contributed by atoms with Crippen LogP contribution in [0, 0.1) is 6.92 Å². The molecule has 0 spiro atoms. The van der Waals surface area contributed by atoms with Crippen LogP contribution in [0.2, 0.25) is 0 Å². The number of methoxy groups -OCH3 is 1. The minimum atomic E-state index is 0.917. The molecule has 0 aliphatic heterocycles. The molecule has 1 heterocycles. The number of aryl methyl sites for hydroxylation is 1. The monoisotopic (exact) mass is 261 g/mol. The van der Waals surface area contributed by atoms with Gasteiger partial charge in [0.25, 0.3) is 0 Å². The second-order valence-corrected chi connectivity index (χ2v) is 5.66. The van der Waals surface area contributed by atoms with E-state index in [0.717, 1.165) is 25.3 Å². The standard InChI is InChI=1S/C15H19NOS/c1-12-3-8-15(18-12)11-16-10-9-13-4-6-14(17-2)7-5-13/h3-8,16H,9-11H2,1-2H3. The summed E-state index contributed by atoms with van der Waals surface area (Å²) in [6, 6.07) is 12.6. The molecule has 18 heavy (non-hydrogen) atoms. The van der Waals surface area contributed by atoms with Gasteiger partial charge >= 0.3 is 0 Å². The Balaban J connectivity index is 1.71. The molecule has 0 saturated carbocycles. The number of benzene rings is 1. The Bertz CT molecular complexity index is 475. The number of ether oxygens (including phenoxy) is 1. The van der Waals surface area contributed by atoms with E-state index in [9.17, 15) is 0 Å². The first-order valence-corrected chi connectivity index (χ1v) is 6.98. The average Bonchev–Trinajstić information content (AvgIpc) is 2.81. The average molecular weight is 261 g/mol. The second-order valence-electron chi connectivity index (χ2n) is 4.29. The summed E-state index contributed by atoms with van der Waals surface area (Å²) in [5, 5.41) is 3.47. The Morgan fingerprint density at radius 2 is 1.89 bits per heavy atom. The Kier molecular flexibility index (Phi) is 4.79. The molecule has 0 radical (unpaired) electrons. The van der Waals surface area contributed by atoms with Crippen molar-refractivity contribution in [3.05, 3.63) is 51.7 Å². The van der Waals surface area contributed by atoms with Gasteiger partial charge in [0, 0.05) is 16.3 Å². The Hall–Kier alpha value is -1.32. The number of hydrogen-bond acceptors (Lipinski definition) is 3. The topological polar surface area (TPSA) is 21.3 Å². The van der Waals surface area contributed by atoms with Gasteiger partial charge in [-0.3, -0.25) is 0 Å². The normalized spacial score (nSPS) is 10.6. The zero-order valence-corrected chi connectivity index (χ0v) is 11.7. The molecular weight excluding hydrogens is 242 g/mol. The quantitative estimate of drug-likeness (QED) is 0.805. The Morgan fingerprint density at radius 1 is 1.11 bits per heavy atom. The first kappa shape index (κ1) is 13.1. The van der Waals surface area contributed by atoms with Gasteiger partial charge in [-0.25, -0.2) is 0 Å². The van der Waals surface area contributed by atoms with Crippen LogP contribution in [0.3, 0.4) is 0 Å². The minimum Gasteiger partial charge on any atom is -0.497 e. The molecule has 96 valence electrons. The first-order valence-electron chi connectivity index (χ1n) is 6.17. The molecule has 2 rings (SSSR count). The lowest BCUT2D eigenvalue weighted by molar-refractivity contribution is 0.414. The van der Waals surface area contributed by atoms with Gasteiger partial charge in [-0.15, -0.1) is 11.3 Å². The highest BCUT2D eigenvalue weighted by atomic mass is 32.1. The largest absolute Gasteiger partial charge is 0.497 e. The molecule has 0 bridgehead atoms. The van der Waals surface area contributed by atoms with Crippen molar-refractivity contribution in [1.29, 1.82) is 0 Å². The Morgan fingerprint density at radius 3 is 2.50 bits per heavy atom. The molecule has 0 saturated heterocycles. The van der Waals surface area contributed by atoms with Crippen molar-refractivity contribution in [1.82, 2.24) is 5.32 Å². The van der Waals surface area contributed by atoms with E-state index in [2.05, 4.69) is 36.5 Å². The summed E-state index contributed by atoms with van der Waals surface area (Å²) in [5.74, 6) is 0.917. The number of nitrogens with one attached hydrogen (secondary N) is 1. The molecule has 1 aromatic carbocycles. The van der Waals surface area contributed by atoms with E-state index in [-0.39, 0.29) is 0 Å². The van der Waals surface area contributed by atoms with Crippen LogP contribution in [-0.4, -0.2) is 13.7 Å². The molecule has 3 heteroatoms. The Labute approximate surface area is 113 Å². The van der Waals surface area contributed by atoms with Gasteiger partial charge in [0.2, 0.25) is 0 Å². The number of rotatable bonds is 6. The van der Waals surface area contributed by atoms with Crippen LogP contribution in [0.1, 0.15) is 15.3 Å². The zero-order chi connectivity index (χ0) is 12.8. The van der Waals surface area contributed by atoms with Gasteiger partial charge in [0.1, 0.15) is 5.75 Å². The van der Waals surface area contributed by atoms with Gasteiger partial charge in [-0.2, -0.15) is 0 Å². The molecule has 0 unspecified atom stereocenters. The number of thiophene rings is 1. The van der Waals surface area contributed by atoms with E-state index in [1.807, 2.05) is 23.5 Å². The molecule has 0 amide bonds. The van der Waals surface area contributed by atoms with Crippen molar-refractivity contribution in [2.45, 2.75) is 19.9 Å². The summed E-state index contributed by atoms with van der Waals surface area (Å²) >= 11 is 1.86. The lowest BCUT2D eigenvalue weighted by Gasteiger charge is -2.05. The third kappa shape index (κ3) is 3.86. The predicted octanol–water partition coefficient (Wildman–Crippen LogP) is 3.40. The van der Waals surface area contributed by atoms with Crippen molar-refractivity contribution in [3.8, 4) is 5.75 Å². The van der Waals surface area contributed by atoms with Crippen LogP contribution < -0.4 is 10.1 Å². The summed E-state index contributed by atoms with van der Waals surface area (Å²) in [6.07, 6.45) is 1.05. The summed E-state index contributed by atoms with van der Waals surface area (Å²) < 4.78 is 5.14. The predicted molar refractivity (Wildman–Crippen MR) is 77.5 cm³/mol. The summed E-state index contributed by atoms with van der Waals surface area (Å²) in [7, 11) is 1.69. The van der Waals surface area contributed by atoms with Gasteiger partial charge in [0.15, 0.2) is 0 Å². The maximum Gasteiger partial charge on any atom is 0.118 e. The van der Waals surface area contributed by atoms with Crippen molar-refractivity contribution in [2.75, 3.05) is 13.7 Å². The first-order chi connectivity index (χ1) is 8.78. The third-order valence-electron chi connectivity index (χ3n) is 2.84. The minimum absolute atomic E-state index is 0.917. The summed E-state index contributed by atoms with van der Waals surface area (Å²) in [5.41, 5.74) is 1.34. The fraction of sp³-hybridized carbons (Fsp3) is 0.333. The van der Waals surface area contributed by atoms with Crippen LogP contribution in [-0.2, 0) is 13.0 Å². The van der Waals surface area contributed by atoms with Crippen LogP contribution in [0.15, 0.2) is 36.4 Å². The van der Waals surface area contributed by atoms with Crippen molar-refractivity contribution >= 4 is 11.3 Å². The molecule has 1 aromatic heterocycles. The van der Waals surface area contributed by atoms with E-state index < -0.39 is 0 Å². The van der Waals surface area contributed by atoms with Crippen LogP contribution in [0.4, 0.5) is 0 Å². The van der Waals surface area contributed by atoms with Gasteiger partial charge in [0.05, 0.1) is 7.11 Å². The molecule has 0 aliphatic rings. The molecule has 0 aliphatic carbocycles. The van der Waals surface area contributed by atoms with Gasteiger partial charge in [-0.1, -0.05) is 12.1 Å². The maximum atomic E-state index is 5.14. The van der Waals surface area contributed by atoms with Gasteiger partial charge in [-0.05, 0) is 49.7 Å². The SMILES string of the molecule is COc1ccc(CCNCc2ccc(C)s2)cc1. The molecule has 2 aromatic rings. The van der Waals surface area contributed by atoms with E-state index in [1.165, 1.54) is 15.3 Å². The van der Waals surface area contributed by atoms with Crippen LogP contribution >= 0.6 is 11.3 Å². The van der Waals surface area contributed by atoms with Crippen LogP contribution in [0.5, 0.6) is 5.75 Å². The lowest BCUT2D eigenvalue weighted by atomic mass is 10.1. The molecular formula is C15H19NOS. The summed E-state index contributed by atoms with van der Waals surface area (Å²) in [4.78, 5) is 2.78. The van der Waals surface area contributed by atoms with E-state index >= 15 is 0 Å². The third-order valence-corrected chi connectivity index (χ3v) is 3.85. The van der Waals surface area contributed by atoms with Crippen LogP contribution in [0.25, 0.3) is 0 Å². The van der Waals surface area contributed by atoms with Crippen molar-refractivity contribution in [3.63, 3.8) is 0 Å².